The van der Waals surface area contributed by atoms with Crippen molar-refractivity contribution in [1.29, 1.82) is 0 Å². The molecule has 8 heteroatoms. The van der Waals surface area contributed by atoms with E-state index >= 15 is 0 Å². The molecule has 1 aromatic heterocycles. The summed E-state index contributed by atoms with van der Waals surface area (Å²) < 4.78 is 38.5. The molecule has 1 heterocycles. The van der Waals surface area contributed by atoms with E-state index < -0.39 is 10.0 Å². The molecule has 0 fully saturated rings. The van der Waals surface area contributed by atoms with Gasteiger partial charge in [0.15, 0.2) is 0 Å². The highest BCUT2D eigenvalue weighted by Crippen LogP contribution is 2.30. The van der Waals surface area contributed by atoms with Gasteiger partial charge in [0.2, 0.25) is 21.8 Å². The van der Waals surface area contributed by atoms with Crippen LogP contribution in [0, 0.1) is 0 Å². The zero-order valence-electron chi connectivity index (χ0n) is 14.5. The Balaban J connectivity index is 1.99. The third kappa shape index (κ3) is 3.76. The third-order valence-electron chi connectivity index (χ3n) is 3.69. The summed E-state index contributed by atoms with van der Waals surface area (Å²) in [5.41, 5.74) is 1.29. The Morgan fingerprint density at radius 3 is 2.38 bits per heavy atom. The number of sulfonamides is 1. The monoisotopic (exact) mass is 373 g/mol. The van der Waals surface area contributed by atoms with Crippen molar-refractivity contribution in [2.75, 3.05) is 13.7 Å². The summed E-state index contributed by atoms with van der Waals surface area (Å²) in [4.78, 5) is 0.0328. The Bertz CT molecular complexity index is 985. The first-order chi connectivity index (χ1) is 12.5. The average Bonchev–Trinajstić information content (AvgIpc) is 3.17. The summed E-state index contributed by atoms with van der Waals surface area (Å²) >= 11 is 0. The van der Waals surface area contributed by atoms with Gasteiger partial charge in [0.05, 0.1) is 7.11 Å². The van der Waals surface area contributed by atoms with E-state index in [-0.39, 0.29) is 16.5 Å². The molecule has 7 nitrogen and oxygen atoms in total. The molecule has 0 aliphatic rings. The molecule has 0 amide bonds. The zero-order valence-corrected chi connectivity index (χ0v) is 15.3. The van der Waals surface area contributed by atoms with E-state index in [1.165, 1.54) is 13.2 Å². The van der Waals surface area contributed by atoms with E-state index in [4.69, 9.17) is 9.15 Å². The van der Waals surface area contributed by atoms with Gasteiger partial charge in [-0.15, -0.1) is 10.2 Å². The average molecular weight is 373 g/mol. The number of hydrogen-bond acceptors (Lipinski definition) is 6. The van der Waals surface area contributed by atoms with Crippen molar-refractivity contribution in [3.8, 4) is 28.7 Å². The lowest BCUT2D eigenvalue weighted by molar-refractivity contribution is 0.402. The summed E-state index contributed by atoms with van der Waals surface area (Å²) in [6.07, 6.45) is 0.686. The number of methoxy groups -OCH3 is 1. The van der Waals surface area contributed by atoms with Gasteiger partial charge < -0.3 is 9.15 Å². The molecule has 0 aliphatic heterocycles. The third-order valence-corrected chi connectivity index (χ3v) is 5.17. The lowest BCUT2D eigenvalue weighted by Gasteiger charge is -2.11. The minimum atomic E-state index is -3.71. The molecule has 0 aliphatic carbocycles. The number of nitrogens with zero attached hydrogens (tertiary/aromatic N) is 2. The summed E-state index contributed by atoms with van der Waals surface area (Å²) in [5.74, 6) is 0.850. The number of aromatic nitrogens is 2. The van der Waals surface area contributed by atoms with Gasteiger partial charge in [-0.05, 0) is 36.8 Å². The molecule has 136 valence electrons. The van der Waals surface area contributed by atoms with Crippen molar-refractivity contribution < 1.29 is 17.6 Å². The Kier molecular flexibility index (Phi) is 5.34. The largest absolute Gasteiger partial charge is 0.495 e. The SMILES string of the molecule is CCCNS(=O)(=O)c1cc(-c2nnc(-c3ccccc3)o2)ccc1OC. The van der Waals surface area contributed by atoms with Crippen LogP contribution in [0.4, 0.5) is 0 Å². The van der Waals surface area contributed by atoms with Gasteiger partial charge in [0.25, 0.3) is 0 Å². The van der Waals surface area contributed by atoms with Gasteiger partial charge in [-0.2, -0.15) is 0 Å². The van der Waals surface area contributed by atoms with Crippen LogP contribution in [0.3, 0.4) is 0 Å². The van der Waals surface area contributed by atoms with Crippen molar-refractivity contribution >= 4 is 10.0 Å². The predicted molar refractivity (Wildman–Crippen MR) is 97.2 cm³/mol. The van der Waals surface area contributed by atoms with Crippen LogP contribution in [-0.2, 0) is 10.0 Å². The van der Waals surface area contributed by atoms with Gasteiger partial charge in [0, 0.05) is 17.7 Å². The summed E-state index contributed by atoms with van der Waals surface area (Å²) in [7, 11) is -2.28. The maximum atomic E-state index is 12.5. The molecule has 0 saturated heterocycles. The molecule has 3 aromatic rings. The second kappa shape index (κ2) is 7.67. The quantitative estimate of drug-likeness (QED) is 0.684. The smallest absolute Gasteiger partial charge is 0.248 e. The van der Waals surface area contributed by atoms with Gasteiger partial charge >= 0.3 is 0 Å². The molecule has 0 unspecified atom stereocenters. The molecule has 0 radical (unpaired) electrons. The second-order valence-electron chi connectivity index (χ2n) is 5.54. The van der Waals surface area contributed by atoms with E-state index in [0.717, 1.165) is 5.56 Å². The van der Waals surface area contributed by atoms with Crippen LogP contribution < -0.4 is 9.46 Å². The number of ether oxygens (including phenoxy) is 1. The fourth-order valence-corrected chi connectivity index (χ4v) is 3.70. The predicted octanol–water partition coefficient (Wildman–Crippen LogP) is 3.10. The molecule has 0 atom stereocenters. The number of benzene rings is 2. The van der Waals surface area contributed by atoms with E-state index in [0.29, 0.717) is 24.4 Å². The summed E-state index contributed by atoms with van der Waals surface area (Å²) in [6.45, 7) is 2.23. The Labute approximate surface area is 152 Å². The lowest BCUT2D eigenvalue weighted by atomic mass is 10.2. The highest BCUT2D eigenvalue weighted by Gasteiger charge is 2.21. The minimum Gasteiger partial charge on any atom is -0.495 e. The molecule has 3 rings (SSSR count). The van der Waals surface area contributed by atoms with E-state index in [1.54, 1.807) is 12.1 Å². The van der Waals surface area contributed by atoms with Crippen LogP contribution in [0.5, 0.6) is 5.75 Å². The fraction of sp³-hybridized carbons (Fsp3) is 0.222. The fourth-order valence-electron chi connectivity index (χ4n) is 2.37. The van der Waals surface area contributed by atoms with Crippen molar-refractivity contribution in [2.45, 2.75) is 18.2 Å². The maximum absolute atomic E-state index is 12.5. The van der Waals surface area contributed by atoms with Crippen LogP contribution in [-0.4, -0.2) is 32.3 Å². The summed E-state index contributed by atoms with van der Waals surface area (Å²) in [6, 6.07) is 14.1. The van der Waals surface area contributed by atoms with Crippen LogP contribution >= 0.6 is 0 Å². The van der Waals surface area contributed by atoms with Gasteiger partial charge in [-0.25, -0.2) is 13.1 Å². The van der Waals surface area contributed by atoms with Crippen molar-refractivity contribution in [1.82, 2.24) is 14.9 Å². The van der Waals surface area contributed by atoms with Crippen LogP contribution in [0.1, 0.15) is 13.3 Å². The van der Waals surface area contributed by atoms with Crippen molar-refractivity contribution in [3.05, 3.63) is 48.5 Å². The molecule has 0 bridgehead atoms. The standard InChI is InChI=1S/C18H19N3O4S/c1-3-11-19-26(22,23)16-12-14(9-10-15(16)24-2)18-21-20-17(25-18)13-7-5-4-6-8-13/h4-10,12,19H,3,11H2,1-2H3. The van der Waals surface area contributed by atoms with Crippen LogP contribution in [0.15, 0.2) is 57.8 Å². The number of rotatable bonds is 7. The van der Waals surface area contributed by atoms with Crippen LogP contribution in [0.25, 0.3) is 22.9 Å². The molecule has 0 spiro atoms. The molecular weight excluding hydrogens is 354 g/mol. The molecular formula is C18H19N3O4S. The number of hydrogen-bond donors (Lipinski definition) is 1. The Morgan fingerprint density at radius 2 is 1.73 bits per heavy atom. The maximum Gasteiger partial charge on any atom is 0.248 e. The molecule has 26 heavy (non-hydrogen) atoms. The summed E-state index contributed by atoms with van der Waals surface area (Å²) in [5, 5.41) is 8.06. The first kappa shape index (κ1) is 18.1. The first-order valence-corrected chi connectivity index (χ1v) is 9.60. The van der Waals surface area contributed by atoms with E-state index in [1.807, 2.05) is 37.3 Å². The van der Waals surface area contributed by atoms with E-state index in [9.17, 15) is 8.42 Å². The molecule has 1 N–H and O–H groups in total. The van der Waals surface area contributed by atoms with Gasteiger partial charge in [0.1, 0.15) is 10.6 Å². The zero-order chi connectivity index (χ0) is 18.6. The first-order valence-electron chi connectivity index (χ1n) is 8.12. The minimum absolute atomic E-state index is 0.0328. The van der Waals surface area contributed by atoms with Gasteiger partial charge in [-0.3, -0.25) is 0 Å². The van der Waals surface area contributed by atoms with Crippen molar-refractivity contribution in [2.24, 2.45) is 0 Å². The molecule has 2 aromatic carbocycles. The van der Waals surface area contributed by atoms with E-state index in [2.05, 4.69) is 14.9 Å². The Hall–Kier alpha value is -2.71. The lowest BCUT2D eigenvalue weighted by Crippen LogP contribution is -2.24. The highest BCUT2D eigenvalue weighted by molar-refractivity contribution is 7.89. The van der Waals surface area contributed by atoms with Crippen molar-refractivity contribution in [3.63, 3.8) is 0 Å². The van der Waals surface area contributed by atoms with Gasteiger partial charge in [-0.1, -0.05) is 25.1 Å². The normalized spacial score (nSPS) is 11.5. The van der Waals surface area contributed by atoms with Crippen LogP contribution in [0.2, 0.25) is 0 Å². The molecule has 0 saturated carbocycles. The number of nitrogens with one attached hydrogen (secondary N) is 1. The topological polar surface area (TPSA) is 94.3 Å². The Morgan fingerprint density at radius 1 is 1.04 bits per heavy atom. The highest BCUT2D eigenvalue weighted by atomic mass is 32.2. The second-order valence-corrected chi connectivity index (χ2v) is 7.28.